The van der Waals surface area contributed by atoms with Gasteiger partial charge in [0.25, 0.3) is 0 Å². The fourth-order valence-electron chi connectivity index (χ4n) is 1.65. The van der Waals surface area contributed by atoms with Crippen molar-refractivity contribution in [2.45, 2.75) is 13.1 Å². The minimum Gasteiger partial charge on any atom is -0.309 e. The van der Waals surface area contributed by atoms with Crippen molar-refractivity contribution < 1.29 is 8.78 Å². The first kappa shape index (κ1) is 12.2. The molecule has 0 aromatic rings. The van der Waals surface area contributed by atoms with E-state index in [1.807, 2.05) is 15.8 Å². The summed E-state index contributed by atoms with van der Waals surface area (Å²) in [7, 11) is 0. The van der Waals surface area contributed by atoms with Crippen molar-refractivity contribution in [2.24, 2.45) is 0 Å². The van der Waals surface area contributed by atoms with E-state index in [1.165, 1.54) is 30.2 Å². The first-order chi connectivity index (χ1) is 8.08. The summed E-state index contributed by atoms with van der Waals surface area (Å²) in [5, 5.41) is 1.89. The second kappa shape index (κ2) is 4.92. The highest BCUT2D eigenvalue weighted by molar-refractivity contribution is 8.00. The van der Waals surface area contributed by atoms with Crippen LogP contribution in [0.15, 0.2) is 59.0 Å². The normalized spacial score (nSPS) is 24.4. The highest BCUT2D eigenvalue weighted by atomic mass is 32.2. The van der Waals surface area contributed by atoms with Crippen LogP contribution >= 0.6 is 11.9 Å². The Bertz CT molecular complexity index is 460. The van der Waals surface area contributed by atoms with Crippen molar-refractivity contribution in [3.8, 4) is 0 Å². The van der Waals surface area contributed by atoms with Gasteiger partial charge in [0.2, 0.25) is 0 Å². The zero-order chi connectivity index (χ0) is 12.4. The third kappa shape index (κ3) is 2.69. The molecule has 0 spiro atoms. The quantitative estimate of drug-likeness (QED) is 0.683. The number of halogens is 2. The predicted octanol–water partition coefficient (Wildman–Crippen LogP) is 4.06. The summed E-state index contributed by atoms with van der Waals surface area (Å²) in [5.74, 6) is -0.346. The van der Waals surface area contributed by atoms with Crippen LogP contribution in [0.4, 0.5) is 8.78 Å². The number of hydrogen-bond donors (Lipinski definition) is 0. The Kier molecular flexibility index (Phi) is 3.52. The lowest BCUT2D eigenvalue weighted by Gasteiger charge is -2.18. The second-order valence-electron chi connectivity index (χ2n) is 3.93. The van der Waals surface area contributed by atoms with Crippen LogP contribution in [-0.2, 0) is 0 Å². The zero-order valence-electron chi connectivity index (χ0n) is 9.49. The highest BCUT2D eigenvalue weighted by Gasteiger charge is 2.17. The number of hydrogen-bond acceptors (Lipinski definition) is 2. The van der Waals surface area contributed by atoms with E-state index in [0.717, 1.165) is 5.70 Å². The maximum Gasteiger partial charge on any atom is 0.137 e. The molecule has 0 aromatic carbocycles. The van der Waals surface area contributed by atoms with Gasteiger partial charge in [0.05, 0.1) is 6.54 Å². The van der Waals surface area contributed by atoms with Crippen molar-refractivity contribution in [3.63, 3.8) is 0 Å². The molecule has 17 heavy (non-hydrogen) atoms. The molecule has 0 N–H and O–H groups in total. The summed E-state index contributed by atoms with van der Waals surface area (Å²) in [6, 6.07) is 0. The lowest BCUT2D eigenvalue weighted by molar-refractivity contribution is 0.467. The van der Waals surface area contributed by atoms with Crippen molar-refractivity contribution in [1.82, 2.24) is 4.31 Å². The largest absolute Gasteiger partial charge is 0.309 e. The SMILES string of the molecule is C=C1C=CSN1CC1=C(F)C(C)=CC(F)C=C1. The second-order valence-corrected chi connectivity index (χ2v) is 4.85. The van der Waals surface area contributed by atoms with Crippen molar-refractivity contribution >= 4 is 11.9 Å². The maximum absolute atomic E-state index is 14.0. The van der Waals surface area contributed by atoms with Gasteiger partial charge in [0, 0.05) is 11.3 Å². The Morgan fingerprint density at radius 1 is 1.47 bits per heavy atom. The molecule has 0 amide bonds. The van der Waals surface area contributed by atoms with E-state index >= 15 is 0 Å². The summed E-state index contributed by atoms with van der Waals surface area (Å²) in [5.41, 5.74) is 1.66. The number of alkyl halides is 1. The van der Waals surface area contributed by atoms with Gasteiger partial charge in [-0.25, -0.2) is 8.78 Å². The van der Waals surface area contributed by atoms with Crippen LogP contribution in [0.5, 0.6) is 0 Å². The number of allylic oxidation sites excluding steroid dienone is 5. The van der Waals surface area contributed by atoms with Crippen molar-refractivity contribution in [1.29, 1.82) is 0 Å². The smallest absolute Gasteiger partial charge is 0.137 e. The first-order valence-electron chi connectivity index (χ1n) is 5.27. The Hall–Kier alpha value is -1.29. The molecule has 1 nitrogen and oxygen atoms in total. The van der Waals surface area contributed by atoms with Gasteiger partial charge in [-0.05, 0) is 48.1 Å². The molecule has 2 aliphatic rings. The Balaban J connectivity index is 2.19. The van der Waals surface area contributed by atoms with E-state index < -0.39 is 6.17 Å². The van der Waals surface area contributed by atoms with Gasteiger partial charge in [0.15, 0.2) is 0 Å². The maximum atomic E-state index is 14.0. The van der Waals surface area contributed by atoms with Crippen LogP contribution in [0.3, 0.4) is 0 Å². The Morgan fingerprint density at radius 3 is 2.88 bits per heavy atom. The average molecular weight is 253 g/mol. The minimum absolute atomic E-state index is 0.346. The number of nitrogens with zero attached hydrogens (tertiary/aromatic N) is 1. The molecule has 0 bridgehead atoms. The van der Waals surface area contributed by atoms with Gasteiger partial charge in [-0.2, -0.15) is 0 Å². The third-order valence-corrected chi connectivity index (χ3v) is 3.48. The summed E-state index contributed by atoms with van der Waals surface area (Å²) in [4.78, 5) is 0. The van der Waals surface area contributed by atoms with Gasteiger partial charge >= 0.3 is 0 Å². The van der Waals surface area contributed by atoms with Gasteiger partial charge in [0.1, 0.15) is 12.0 Å². The number of rotatable bonds is 2. The van der Waals surface area contributed by atoms with E-state index in [1.54, 1.807) is 6.92 Å². The van der Waals surface area contributed by atoms with Gasteiger partial charge < -0.3 is 4.31 Å². The molecule has 1 atom stereocenters. The molecule has 0 aromatic heterocycles. The lowest BCUT2D eigenvalue weighted by Crippen LogP contribution is -2.13. The molecule has 2 rings (SSSR count). The lowest BCUT2D eigenvalue weighted by atomic mass is 10.1. The van der Waals surface area contributed by atoms with Crippen LogP contribution in [0, 0.1) is 0 Å². The predicted molar refractivity (Wildman–Crippen MR) is 68.5 cm³/mol. The molecule has 1 aliphatic heterocycles. The van der Waals surface area contributed by atoms with Crippen LogP contribution in [0.2, 0.25) is 0 Å². The third-order valence-electron chi connectivity index (χ3n) is 2.60. The van der Waals surface area contributed by atoms with E-state index in [2.05, 4.69) is 6.58 Å². The van der Waals surface area contributed by atoms with Crippen LogP contribution in [-0.4, -0.2) is 17.0 Å². The van der Waals surface area contributed by atoms with Crippen LogP contribution in [0.25, 0.3) is 0 Å². The fraction of sp³-hybridized carbons (Fsp3) is 0.231. The Labute approximate surface area is 104 Å². The van der Waals surface area contributed by atoms with Gasteiger partial charge in [-0.15, -0.1) is 0 Å². The summed E-state index contributed by atoms with van der Waals surface area (Å²) in [6.07, 6.45) is 4.81. The van der Waals surface area contributed by atoms with Crippen LogP contribution in [0.1, 0.15) is 6.92 Å². The summed E-state index contributed by atoms with van der Waals surface area (Å²) in [6.45, 7) is 5.81. The van der Waals surface area contributed by atoms with Crippen LogP contribution < -0.4 is 0 Å². The van der Waals surface area contributed by atoms with Gasteiger partial charge in [-0.1, -0.05) is 12.7 Å². The van der Waals surface area contributed by atoms with Gasteiger partial charge in [-0.3, -0.25) is 0 Å². The summed E-state index contributed by atoms with van der Waals surface area (Å²) >= 11 is 1.46. The fourth-order valence-corrected chi connectivity index (χ4v) is 2.43. The molecule has 1 aliphatic carbocycles. The zero-order valence-corrected chi connectivity index (χ0v) is 10.3. The summed E-state index contributed by atoms with van der Waals surface area (Å²) < 4.78 is 29.1. The molecule has 4 heteroatoms. The molecule has 0 radical (unpaired) electrons. The molecule has 1 heterocycles. The molecule has 0 saturated carbocycles. The Morgan fingerprint density at radius 2 is 2.24 bits per heavy atom. The van der Waals surface area contributed by atoms with E-state index in [0.29, 0.717) is 17.7 Å². The standard InChI is InChI=1S/C13H13F2NS/c1-9-7-12(14)4-3-11(13(9)15)8-16-10(2)5-6-17-16/h3-7,12H,2,8H2,1H3. The first-order valence-corrected chi connectivity index (χ1v) is 6.11. The molecule has 1 unspecified atom stereocenters. The molecular weight excluding hydrogens is 240 g/mol. The monoisotopic (exact) mass is 253 g/mol. The topological polar surface area (TPSA) is 3.24 Å². The van der Waals surface area contributed by atoms with E-state index in [9.17, 15) is 8.78 Å². The molecular formula is C13H13F2NS. The van der Waals surface area contributed by atoms with E-state index in [-0.39, 0.29) is 5.83 Å². The van der Waals surface area contributed by atoms with Crippen molar-refractivity contribution in [3.05, 3.63) is 59.0 Å². The average Bonchev–Trinajstić information content (AvgIpc) is 2.63. The van der Waals surface area contributed by atoms with Crippen molar-refractivity contribution in [2.75, 3.05) is 6.54 Å². The van der Waals surface area contributed by atoms with E-state index in [4.69, 9.17) is 0 Å². The minimum atomic E-state index is -1.22. The molecule has 90 valence electrons. The molecule has 0 fully saturated rings. The highest BCUT2D eigenvalue weighted by Crippen LogP contribution is 2.30. The molecule has 0 saturated heterocycles.